The molecule has 0 radical (unpaired) electrons. The van der Waals surface area contributed by atoms with Crippen LogP contribution < -0.4 is 9.64 Å². The summed E-state index contributed by atoms with van der Waals surface area (Å²) in [5.41, 5.74) is 0.872. The lowest BCUT2D eigenvalue weighted by Gasteiger charge is -2.41. The Morgan fingerprint density at radius 1 is 1.13 bits per heavy atom. The van der Waals surface area contributed by atoms with Gasteiger partial charge < -0.3 is 14.5 Å². The number of benzene rings is 1. The summed E-state index contributed by atoms with van der Waals surface area (Å²) in [5.74, 6) is 1.00. The number of anilines is 1. The molecule has 3 heterocycles. The number of rotatable bonds is 6. The summed E-state index contributed by atoms with van der Waals surface area (Å²) < 4.78 is 30.4. The summed E-state index contributed by atoms with van der Waals surface area (Å²) in [7, 11) is -2.06. The molecule has 2 aromatic rings. The molecule has 30 heavy (non-hydrogen) atoms. The zero-order chi connectivity index (χ0) is 21.3. The van der Waals surface area contributed by atoms with Crippen molar-refractivity contribution in [3.05, 3.63) is 42.1 Å². The minimum atomic E-state index is -3.55. The number of ether oxygens (including phenoxy) is 1. The van der Waals surface area contributed by atoms with Crippen LogP contribution in [0.3, 0.4) is 0 Å². The molecule has 0 saturated carbocycles. The van der Waals surface area contributed by atoms with Gasteiger partial charge >= 0.3 is 0 Å². The molecular formula is C21H26N4O4S. The Hall–Kier alpha value is -2.68. The number of piperazine rings is 1. The molecule has 4 rings (SSSR count). The SMILES string of the molecule is COc1cccc(S(=O)(=O)CCC(=O)N2CC3CCC(C2)N3c2ccc(C)nn2)c1. The molecule has 2 saturated heterocycles. The monoisotopic (exact) mass is 430 g/mol. The zero-order valence-electron chi connectivity index (χ0n) is 17.2. The number of likely N-dealkylation sites (tertiary alicyclic amines) is 1. The number of fused-ring (bicyclic) bond motifs is 2. The molecule has 8 nitrogen and oxygen atoms in total. The fourth-order valence-corrected chi connectivity index (χ4v) is 5.56. The average molecular weight is 431 g/mol. The number of amides is 1. The van der Waals surface area contributed by atoms with Crippen molar-refractivity contribution in [2.75, 3.05) is 30.9 Å². The molecule has 2 bridgehead atoms. The van der Waals surface area contributed by atoms with Crippen LogP contribution in [0.2, 0.25) is 0 Å². The number of methoxy groups -OCH3 is 1. The van der Waals surface area contributed by atoms with Crippen LogP contribution in [0.5, 0.6) is 5.75 Å². The molecule has 1 aromatic carbocycles. The van der Waals surface area contributed by atoms with Crippen molar-refractivity contribution >= 4 is 21.6 Å². The topological polar surface area (TPSA) is 92.7 Å². The van der Waals surface area contributed by atoms with Crippen molar-refractivity contribution in [2.45, 2.75) is 43.2 Å². The fourth-order valence-electron chi connectivity index (χ4n) is 4.30. The number of aryl methyl sites for hydroxylation is 1. The third-order valence-corrected chi connectivity index (χ3v) is 7.58. The number of nitrogens with zero attached hydrogens (tertiary/aromatic N) is 4. The van der Waals surface area contributed by atoms with E-state index in [-0.39, 0.29) is 35.1 Å². The minimum absolute atomic E-state index is 0.0245. The highest BCUT2D eigenvalue weighted by atomic mass is 32.2. The molecule has 2 aliphatic rings. The van der Waals surface area contributed by atoms with E-state index < -0.39 is 9.84 Å². The summed E-state index contributed by atoms with van der Waals surface area (Å²) in [6, 6.07) is 10.7. The molecule has 160 valence electrons. The Morgan fingerprint density at radius 2 is 1.87 bits per heavy atom. The summed E-state index contributed by atoms with van der Waals surface area (Å²) in [4.78, 5) is 17.0. The van der Waals surface area contributed by atoms with Crippen LogP contribution >= 0.6 is 0 Å². The lowest BCUT2D eigenvalue weighted by molar-refractivity contribution is -0.131. The molecule has 0 aliphatic carbocycles. The van der Waals surface area contributed by atoms with E-state index in [9.17, 15) is 13.2 Å². The largest absolute Gasteiger partial charge is 0.497 e. The van der Waals surface area contributed by atoms with E-state index in [0.717, 1.165) is 24.4 Å². The molecular weight excluding hydrogens is 404 g/mol. The van der Waals surface area contributed by atoms with Gasteiger partial charge in [-0.1, -0.05) is 6.07 Å². The smallest absolute Gasteiger partial charge is 0.223 e. The minimum Gasteiger partial charge on any atom is -0.497 e. The predicted octanol–water partition coefficient (Wildman–Crippen LogP) is 1.84. The average Bonchev–Trinajstić information content (AvgIpc) is 3.01. The first-order chi connectivity index (χ1) is 14.4. The van der Waals surface area contributed by atoms with Crippen LogP contribution in [0.25, 0.3) is 0 Å². The second-order valence-corrected chi connectivity index (χ2v) is 9.98. The van der Waals surface area contributed by atoms with Gasteiger partial charge in [-0.3, -0.25) is 4.79 Å². The van der Waals surface area contributed by atoms with Crippen LogP contribution in [0.1, 0.15) is 25.0 Å². The van der Waals surface area contributed by atoms with Crippen molar-refractivity contribution in [2.24, 2.45) is 0 Å². The van der Waals surface area contributed by atoms with Gasteiger partial charge in [-0.15, -0.1) is 5.10 Å². The van der Waals surface area contributed by atoms with Gasteiger partial charge in [0.25, 0.3) is 0 Å². The number of hydrogen-bond donors (Lipinski definition) is 0. The zero-order valence-corrected chi connectivity index (χ0v) is 18.0. The van der Waals surface area contributed by atoms with E-state index in [2.05, 4.69) is 15.1 Å². The lowest BCUT2D eigenvalue weighted by Crippen LogP contribution is -2.56. The number of carbonyl (C=O) groups is 1. The normalized spacial score (nSPS) is 21.0. The summed E-state index contributed by atoms with van der Waals surface area (Å²) in [6.45, 7) is 3.08. The maximum atomic E-state index is 12.8. The van der Waals surface area contributed by atoms with Gasteiger partial charge in [0.05, 0.1) is 23.5 Å². The molecule has 1 amide bonds. The fraction of sp³-hybridized carbons (Fsp3) is 0.476. The van der Waals surface area contributed by atoms with Crippen LogP contribution in [-0.4, -0.2) is 67.5 Å². The maximum absolute atomic E-state index is 12.8. The molecule has 0 spiro atoms. The maximum Gasteiger partial charge on any atom is 0.223 e. The van der Waals surface area contributed by atoms with Gasteiger partial charge in [-0.2, -0.15) is 5.10 Å². The second-order valence-electron chi connectivity index (χ2n) is 7.87. The van der Waals surface area contributed by atoms with Gasteiger partial charge in [-0.25, -0.2) is 8.42 Å². The third-order valence-electron chi connectivity index (χ3n) is 5.87. The third kappa shape index (κ3) is 4.12. The van der Waals surface area contributed by atoms with Crippen molar-refractivity contribution in [3.8, 4) is 5.75 Å². The Balaban J connectivity index is 1.39. The van der Waals surface area contributed by atoms with Crippen LogP contribution in [0.4, 0.5) is 5.82 Å². The standard InChI is InChI=1S/C21H26N4O4S/c1-15-6-9-20(23-22-15)25-16-7-8-17(25)14-24(13-16)21(26)10-11-30(27,28)19-5-3-4-18(12-19)29-2/h3-6,9,12,16-17H,7-8,10-11,13-14H2,1-2H3. The summed E-state index contributed by atoms with van der Waals surface area (Å²) in [5, 5.41) is 8.47. The molecule has 2 fully saturated rings. The highest BCUT2D eigenvalue weighted by molar-refractivity contribution is 7.91. The highest BCUT2D eigenvalue weighted by Crippen LogP contribution is 2.34. The van der Waals surface area contributed by atoms with Gasteiger partial charge in [0.2, 0.25) is 5.91 Å². The first-order valence-electron chi connectivity index (χ1n) is 10.1. The Morgan fingerprint density at radius 3 is 2.50 bits per heavy atom. The van der Waals surface area contributed by atoms with Crippen molar-refractivity contribution in [1.82, 2.24) is 15.1 Å². The number of sulfone groups is 1. The second kappa shape index (κ2) is 8.22. The van der Waals surface area contributed by atoms with E-state index in [0.29, 0.717) is 18.8 Å². The van der Waals surface area contributed by atoms with Crippen LogP contribution in [0.15, 0.2) is 41.3 Å². The molecule has 9 heteroatoms. The summed E-state index contributed by atoms with van der Waals surface area (Å²) >= 11 is 0. The Kier molecular flexibility index (Phi) is 5.64. The molecule has 1 aromatic heterocycles. The van der Waals surface area contributed by atoms with Crippen molar-refractivity contribution < 1.29 is 17.9 Å². The van der Waals surface area contributed by atoms with Crippen LogP contribution in [0, 0.1) is 6.92 Å². The van der Waals surface area contributed by atoms with E-state index in [1.54, 1.807) is 12.1 Å². The quantitative estimate of drug-likeness (QED) is 0.690. The van der Waals surface area contributed by atoms with Crippen molar-refractivity contribution in [3.63, 3.8) is 0 Å². The Bertz CT molecular complexity index is 1010. The molecule has 2 atom stereocenters. The number of carbonyl (C=O) groups excluding carboxylic acids is 1. The van der Waals surface area contributed by atoms with E-state index in [1.807, 2.05) is 24.0 Å². The van der Waals surface area contributed by atoms with Gasteiger partial charge in [0.1, 0.15) is 5.75 Å². The van der Waals surface area contributed by atoms with Gasteiger partial charge in [0, 0.05) is 31.6 Å². The molecule has 2 unspecified atom stereocenters. The number of hydrogen-bond acceptors (Lipinski definition) is 7. The lowest BCUT2D eigenvalue weighted by atomic mass is 10.1. The Labute approximate surface area is 176 Å². The summed E-state index contributed by atoms with van der Waals surface area (Å²) in [6.07, 6.45) is 1.96. The molecule has 2 aliphatic heterocycles. The predicted molar refractivity (Wildman–Crippen MR) is 112 cm³/mol. The first kappa shape index (κ1) is 20.6. The van der Waals surface area contributed by atoms with E-state index in [1.165, 1.54) is 19.2 Å². The first-order valence-corrected chi connectivity index (χ1v) is 11.8. The highest BCUT2D eigenvalue weighted by Gasteiger charge is 2.42. The molecule has 0 N–H and O–H groups in total. The number of aromatic nitrogens is 2. The van der Waals surface area contributed by atoms with E-state index in [4.69, 9.17) is 4.74 Å². The van der Waals surface area contributed by atoms with E-state index >= 15 is 0 Å². The van der Waals surface area contributed by atoms with Gasteiger partial charge in [-0.05, 0) is 50.1 Å². The van der Waals surface area contributed by atoms with Crippen LogP contribution in [-0.2, 0) is 14.6 Å². The van der Waals surface area contributed by atoms with Crippen molar-refractivity contribution in [1.29, 1.82) is 0 Å². The van der Waals surface area contributed by atoms with Gasteiger partial charge in [0.15, 0.2) is 15.7 Å².